The molecule has 0 radical (unpaired) electrons. The molecule has 1 aliphatic heterocycles. The second kappa shape index (κ2) is 9.70. The van der Waals surface area contributed by atoms with Crippen LogP contribution in [0.3, 0.4) is 0 Å². The molecule has 0 saturated carbocycles. The van der Waals surface area contributed by atoms with Crippen molar-refractivity contribution in [2.24, 2.45) is 0 Å². The summed E-state index contributed by atoms with van der Waals surface area (Å²) in [6, 6.07) is 9.38. The highest BCUT2D eigenvalue weighted by Crippen LogP contribution is 2.17. The highest BCUT2D eigenvalue weighted by atomic mass is 32.2. The molecule has 1 fully saturated rings. The second-order valence-electron chi connectivity index (χ2n) is 6.30. The molecule has 2 unspecified atom stereocenters. The van der Waals surface area contributed by atoms with Gasteiger partial charge in [-0.2, -0.15) is 5.10 Å². The van der Waals surface area contributed by atoms with E-state index in [1.54, 1.807) is 18.9 Å². The van der Waals surface area contributed by atoms with Gasteiger partial charge < -0.3 is 15.0 Å². The van der Waals surface area contributed by atoms with Crippen LogP contribution in [0.2, 0.25) is 0 Å². The molecule has 8 heteroatoms. The fourth-order valence-corrected chi connectivity index (χ4v) is 3.86. The minimum Gasteiger partial charge on any atom is -0.378 e. The molecular weight excluding hydrogens is 350 g/mol. The number of likely N-dealkylation sites (tertiary alicyclic amines) is 1. The van der Waals surface area contributed by atoms with E-state index >= 15 is 0 Å². The average molecular weight is 375 g/mol. The van der Waals surface area contributed by atoms with E-state index < -0.39 is 0 Å². The van der Waals surface area contributed by atoms with Gasteiger partial charge in [0.15, 0.2) is 5.16 Å². The number of amides is 1. The molecule has 2 atom stereocenters. The van der Waals surface area contributed by atoms with Crippen LogP contribution in [-0.2, 0) is 4.74 Å². The zero-order valence-electron chi connectivity index (χ0n) is 14.9. The van der Waals surface area contributed by atoms with E-state index in [-0.39, 0.29) is 18.1 Å². The number of hydrogen-bond donors (Lipinski definition) is 2. The van der Waals surface area contributed by atoms with Crippen molar-refractivity contribution in [3.05, 3.63) is 42.2 Å². The normalized spacial score (nSPS) is 20.8. The second-order valence-corrected chi connectivity index (χ2v) is 7.39. The number of carbonyl (C=O) groups is 1. The first-order chi connectivity index (χ1) is 12.8. The lowest BCUT2D eigenvalue weighted by atomic mass is 10.0. The number of nitrogens with zero attached hydrogens (tertiary/aromatic N) is 3. The summed E-state index contributed by atoms with van der Waals surface area (Å²) in [6.07, 6.45) is 3.51. The van der Waals surface area contributed by atoms with Crippen molar-refractivity contribution in [3.8, 4) is 0 Å². The maximum Gasteiger partial charge on any atom is 0.251 e. The SMILES string of the molecule is COC1CN(CCCSc2ncn[nH]2)CCC1NC(=O)c1ccccc1. The van der Waals surface area contributed by atoms with Crippen LogP contribution in [-0.4, -0.2) is 70.6 Å². The van der Waals surface area contributed by atoms with Crippen LogP contribution in [0.5, 0.6) is 0 Å². The lowest BCUT2D eigenvalue weighted by Crippen LogP contribution is -2.54. The zero-order valence-corrected chi connectivity index (χ0v) is 15.7. The number of ether oxygens (including phenoxy) is 1. The Bertz CT molecular complexity index is 667. The lowest BCUT2D eigenvalue weighted by Gasteiger charge is -2.38. The van der Waals surface area contributed by atoms with Gasteiger partial charge in [0.2, 0.25) is 0 Å². The Morgan fingerprint density at radius 2 is 2.27 bits per heavy atom. The average Bonchev–Trinajstić information content (AvgIpc) is 3.20. The molecule has 1 amide bonds. The third kappa shape index (κ3) is 5.30. The van der Waals surface area contributed by atoms with Crippen molar-refractivity contribution >= 4 is 17.7 Å². The van der Waals surface area contributed by atoms with Crippen molar-refractivity contribution in [1.82, 2.24) is 25.4 Å². The van der Waals surface area contributed by atoms with Crippen LogP contribution in [0.15, 0.2) is 41.8 Å². The Hall–Kier alpha value is -1.90. The third-order valence-corrected chi connectivity index (χ3v) is 5.51. The minimum absolute atomic E-state index is 0.0124. The van der Waals surface area contributed by atoms with E-state index in [1.807, 2.05) is 30.3 Å². The standard InChI is InChI=1S/C18H25N5O2S/c1-25-16-12-23(9-5-11-26-18-19-13-20-22-18)10-8-15(16)21-17(24)14-6-3-2-4-7-14/h2-4,6-7,13,15-16H,5,8-12H2,1H3,(H,21,24)(H,19,20,22). The first kappa shape index (κ1) is 18.9. The van der Waals surface area contributed by atoms with Crippen molar-refractivity contribution in [2.45, 2.75) is 30.1 Å². The molecule has 2 aromatic rings. The molecule has 26 heavy (non-hydrogen) atoms. The smallest absolute Gasteiger partial charge is 0.251 e. The summed E-state index contributed by atoms with van der Waals surface area (Å²) >= 11 is 1.68. The third-order valence-electron chi connectivity index (χ3n) is 4.55. The van der Waals surface area contributed by atoms with Crippen LogP contribution >= 0.6 is 11.8 Å². The minimum atomic E-state index is -0.0328. The predicted molar refractivity (Wildman–Crippen MR) is 101 cm³/mol. The van der Waals surface area contributed by atoms with E-state index in [4.69, 9.17) is 4.74 Å². The van der Waals surface area contributed by atoms with Gasteiger partial charge in [-0.3, -0.25) is 9.89 Å². The van der Waals surface area contributed by atoms with Gasteiger partial charge >= 0.3 is 0 Å². The van der Waals surface area contributed by atoms with Crippen molar-refractivity contribution in [3.63, 3.8) is 0 Å². The Morgan fingerprint density at radius 1 is 1.42 bits per heavy atom. The molecule has 1 aromatic carbocycles. The Balaban J connectivity index is 1.42. The van der Waals surface area contributed by atoms with Gasteiger partial charge in [0.25, 0.3) is 5.91 Å². The number of benzene rings is 1. The number of piperidine rings is 1. The molecule has 0 aliphatic carbocycles. The molecule has 140 valence electrons. The van der Waals surface area contributed by atoms with Crippen LogP contribution in [0, 0.1) is 0 Å². The van der Waals surface area contributed by atoms with Gasteiger partial charge in [0.05, 0.1) is 12.1 Å². The summed E-state index contributed by atoms with van der Waals surface area (Å²) in [6.45, 7) is 2.82. The van der Waals surface area contributed by atoms with Gasteiger partial charge in [-0.1, -0.05) is 30.0 Å². The first-order valence-corrected chi connectivity index (χ1v) is 9.84. The Kier molecular flexibility index (Phi) is 7.04. The monoisotopic (exact) mass is 375 g/mol. The highest BCUT2D eigenvalue weighted by molar-refractivity contribution is 7.99. The molecule has 2 N–H and O–H groups in total. The van der Waals surface area contributed by atoms with Gasteiger partial charge in [-0.15, -0.1) is 0 Å². The van der Waals surface area contributed by atoms with Crippen LogP contribution < -0.4 is 5.32 Å². The van der Waals surface area contributed by atoms with E-state index in [0.29, 0.717) is 5.56 Å². The molecule has 1 aromatic heterocycles. The molecular formula is C18H25N5O2S. The van der Waals surface area contributed by atoms with E-state index in [1.165, 1.54) is 6.33 Å². The number of H-pyrrole nitrogens is 1. The van der Waals surface area contributed by atoms with Gasteiger partial charge in [0, 0.05) is 31.5 Å². The molecule has 1 saturated heterocycles. The fraction of sp³-hybridized carbons (Fsp3) is 0.500. The largest absolute Gasteiger partial charge is 0.378 e. The lowest BCUT2D eigenvalue weighted by molar-refractivity contribution is 0.00658. The summed E-state index contributed by atoms with van der Waals surface area (Å²) in [4.78, 5) is 18.9. The number of aromatic amines is 1. The van der Waals surface area contributed by atoms with Crippen molar-refractivity contribution in [2.75, 3.05) is 32.5 Å². The zero-order chi connectivity index (χ0) is 18.2. The molecule has 0 bridgehead atoms. The number of rotatable bonds is 8. The Labute approximate surface area is 157 Å². The summed E-state index contributed by atoms with van der Waals surface area (Å²) in [5, 5.41) is 10.7. The maximum absolute atomic E-state index is 12.4. The summed E-state index contributed by atoms with van der Waals surface area (Å²) in [5.74, 6) is 0.965. The van der Waals surface area contributed by atoms with E-state index in [9.17, 15) is 4.79 Å². The van der Waals surface area contributed by atoms with Crippen molar-refractivity contribution in [1.29, 1.82) is 0 Å². The Morgan fingerprint density at radius 3 is 3.00 bits per heavy atom. The number of methoxy groups -OCH3 is 1. The topological polar surface area (TPSA) is 83.1 Å². The van der Waals surface area contributed by atoms with E-state index in [2.05, 4.69) is 25.4 Å². The fourth-order valence-electron chi connectivity index (χ4n) is 3.15. The van der Waals surface area contributed by atoms with Crippen LogP contribution in [0.25, 0.3) is 0 Å². The number of carbonyl (C=O) groups excluding carboxylic acids is 1. The molecule has 7 nitrogen and oxygen atoms in total. The molecule has 1 aliphatic rings. The summed E-state index contributed by atoms with van der Waals surface area (Å²) in [5.41, 5.74) is 0.689. The quantitative estimate of drug-likeness (QED) is 0.541. The van der Waals surface area contributed by atoms with Gasteiger partial charge in [0.1, 0.15) is 6.33 Å². The van der Waals surface area contributed by atoms with Crippen LogP contribution in [0.4, 0.5) is 0 Å². The number of nitrogens with one attached hydrogen (secondary N) is 2. The number of aromatic nitrogens is 3. The van der Waals surface area contributed by atoms with Gasteiger partial charge in [-0.05, 0) is 31.5 Å². The molecule has 3 rings (SSSR count). The molecule has 0 spiro atoms. The van der Waals surface area contributed by atoms with E-state index in [0.717, 1.165) is 43.4 Å². The first-order valence-electron chi connectivity index (χ1n) is 8.85. The van der Waals surface area contributed by atoms with Crippen molar-refractivity contribution < 1.29 is 9.53 Å². The van der Waals surface area contributed by atoms with Gasteiger partial charge in [-0.25, -0.2) is 4.98 Å². The predicted octanol–water partition coefficient (Wildman–Crippen LogP) is 1.81. The molecule has 2 heterocycles. The highest BCUT2D eigenvalue weighted by Gasteiger charge is 2.30. The maximum atomic E-state index is 12.4. The number of thioether (sulfide) groups is 1. The summed E-state index contributed by atoms with van der Waals surface area (Å²) < 4.78 is 5.65. The number of hydrogen-bond acceptors (Lipinski definition) is 6. The summed E-state index contributed by atoms with van der Waals surface area (Å²) in [7, 11) is 1.72. The van der Waals surface area contributed by atoms with Crippen LogP contribution in [0.1, 0.15) is 23.2 Å².